The average molecular weight is 628 g/mol. The Labute approximate surface area is 264 Å². The van der Waals surface area contributed by atoms with Gasteiger partial charge in [-0.05, 0) is 11.1 Å². The molecular weight excluding hydrogens is 609 g/mol. The maximum absolute atomic E-state index is 9.08. The summed E-state index contributed by atoms with van der Waals surface area (Å²) in [6, 6.07) is 29.6. The molecule has 11 nitrogen and oxygen atoms in total. The van der Waals surface area contributed by atoms with Gasteiger partial charge in [-0.1, -0.05) is 96.1 Å². The summed E-state index contributed by atoms with van der Waals surface area (Å²) in [7, 11) is 0. The van der Waals surface area contributed by atoms with Crippen LogP contribution in [0.15, 0.2) is 96.1 Å². The number of aromatic amines is 2. The summed E-state index contributed by atoms with van der Waals surface area (Å²) in [6.07, 6.45) is 0. The van der Waals surface area contributed by atoms with Crippen molar-refractivity contribution in [3.63, 3.8) is 0 Å². The number of fused-ring (bicyclic) bond motifs is 20. The fourth-order valence-corrected chi connectivity index (χ4v) is 6.00. The zero-order valence-corrected chi connectivity index (χ0v) is 24.2. The molecular formula is C33H19N11Ni. The standard InChI is InChI=1S/C33H19N11.Ni/c34-44-35-16-17-8-7-15-24-25(17)33-42-31-23-14-6-5-13-22(23)29(40-31)38-27-19-10-2-1-9-18(19)26(36-27)37-28-20-11-3-4-12-21(20)30(39-28)41-32(24)43-33;/h1-15H,16H2,(H2,36,37,38,39,40,41,42,43);. The molecule has 0 saturated carbocycles. The Morgan fingerprint density at radius 2 is 0.933 bits per heavy atom. The van der Waals surface area contributed by atoms with Crippen molar-refractivity contribution in [1.29, 1.82) is 0 Å². The van der Waals surface area contributed by atoms with Crippen molar-refractivity contribution in [2.24, 2.45) is 5.11 Å². The second kappa shape index (κ2) is 10.3. The van der Waals surface area contributed by atoms with Gasteiger partial charge in [-0.25, -0.2) is 29.9 Å². The Morgan fingerprint density at radius 3 is 1.44 bits per heavy atom. The summed E-state index contributed by atoms with van der Waals surface area (Å²) in [4.78, 5) is 39.8. The van der Waals surface area contributed by atoms with E-state index in [0.717, 1.165) is 49.4 Å². The smallest absolute Gasteiger partial charge is 0.164 e. The number of nitrogens with one attached hydrogen (secondary N) is 2. The first-order chi connectivity index (χ1) is 21.7. The third kappa shape index (κ3) is 4.16. The molecule has 3 aromatic heterocycles. The van der Waals surface area contributed by atoms with E-state index in [1.807, 2.05) is 91.0 Å². The van der Waals surface area contributed by atoms with Crippen LogP contribution < -0.4 is 0 Å². The van der Waals surface area contributed by atoms with E-state index < -0.39 is 0 Å². The van der Waals surface area contributed by atoms with Gasteiger partial charge in [0.1, 0.15) is 22.6 Å². The van der Waals surface area contributed by atoms with Crippen LogP contribution in [-0.4, -0.2) is 39.9 Å². The Bertz CT molecular complexity index is 2560. The number of hydrogen-bond acceptors (Lipinski definition) is 7. The van der Waals surface area contributed by atoms with Gasteiger partial charge >= 0.3 is 0 Å². The number of azide groups is 1. The quantitative estimate of drug-likeness (QED) is 0.0865. The van der Waals surface area contributed by atoms with Gasteiger partial charge in [0.2, 0.25) is 0 Å². The second-order valence-corrected chi connectivity index (χ2v) is 10.5. The molecule has 0 aliphatic carbocycles. The first-order valence-corrected chi connectivity index (χ1v) is 14.0. The van der Waals surface area contributed by atoms with Gasteiger partial charge in [0.05, 0.1) is 6.54 Å². The van der Waals surface area contributed by atoms with Crippen molar-refractivity contribution in [3.05, 3.63) is 107 Å². The summed E-state index contributed by atoms with van der Waals surface area (Å²) >= 11 is 0. The van der Waals surface area contributed by atoms with Crippen molar-refractivity contribution >= 4 is 44.1 Å². The minimum atomic E-state index is 0. The van der Waals surface area contributed by atoms with E-state index >= 15 is 0 Å². The average Bonchev–Trinajstić information content (AvgIpc) is 3.79. The van der Waals surface area contributed by atoms with Crippen molar-refractivity contribution in [2.75, 3.05) is 0 Å². The number of hydrogen-bond donors (Lipinski definition) is 2. The number of benzene rings is 4. The van der Waals surface area contributed by atoms with Gasteiger partial charge in [-0.3, -0.25) is 0 Å². The van der Waals surface area contributed by atoms with Gasteiger partial charge in [0.25, 0.3) is 0 Å². The van der Waals surface area contributed by atoms with Gasteiger partial charge in [-0.15, -0.1) is 0 Å². The summed E-state index contributed by atoms with van der Waals surface area (Å²) < 4.78 is 0. The third-order valence-corrected chi connectivity index (χ3v) is 7.97. The molecule has 7 aromatic rings. The third-order valence-electron chi connectivity index (χ3n) is 7.97. The summed E-state index contributed by atoms with van der Waals surface area (Å²) in [5.74, 6) is 2.13. The van der Waals surface area contributed by atoms with E-state index in [4.69, 9.17) is 35.4 Å². The van der Waals surface area contributed by atoms with Crippen LogP contribution >= 0.6 is 0 Å². The molecule has 4 aromatic carbocycles. The first-order valence-electron chi connectivity index (χ1n) is 14.0. The topological polar surface area (TPSA) is 158 Å². The number of H-pyrrole nitrogens is 2. The molecule has 5 heterocycles. The van der Waals surface area contributed by atoms with Gasteiger partial charge in [0, 0.05) is 65.2 Å². The Balaban J connectivity index is 0.00000300. The zero-order chi connectivity index (χ0) is 29.2. The Morgan fingerprint density at radius 1 is 0.511 bits per heavy atom. The largest absolute Gasteiger partial charge is 0.324 e. The van der Waals surface area contributed by atoms with E-state index in [0.29, 0.717) is 45.9 Å². The summed E-state index contributed by atoms with van der Waals surface area (Å²) in [5.41, 5.74) is 15.8. The maximum Gasteiger partial charge on any atom is 0.164 e. The molecule has 12 heteroatoms. The minimum Gasteiger partial charge on any atom is -0.324 e. The molecule has 0 spiro atoms. The van der Waals surface area contributed by atoms with Gasteiger partial charge in [0.15, 0.2) is 23.3 Å². The van der Waals surface area contributed by atoms with Crippen LogP contribution in [0, 0.1) is 0 Å². The van der Waals surface area contributed by atoms with E-state index in [1.165, 1.54) is 0 Å². The van der Waals surface area contributed by atoms with Crippen LogP contribution in [0.5, 0.6) is 0 Å². The molecule has 0 fully saturated rings. The Kier molecular flexibility index (Phi) is 6.13. The van der Waals surface area contributed by atoms with Crippen molar-refractivity contribution < 1.29 is 16.5 Å². The van der Waals surface area contributed by atoms with Crippen LogP contribution in [0.4, 0.5) is 0 Å². The SMILES string of the molecule is [N-]=[N+]=NCc1cccc2c3nc4nc(nc5[nH]c(nc6nc(nc([nH]3)c12)-c1ccccc1-6)c1ccccc51)-c1ccccc1-4.[Ni]. The fourth-order valence-electron chi connectivity index (χ4n) is 6.00. The first kappa shape index (κ1) is 26.7. The van der Waals surface area contributed by atoms with E-state index in [1.54, 1.807) is 0 Å². The van der Waals surface area contributed by atoms with Crippen molar-refractivity contribution in [3.8, 4) is 45.6 Å². The molecule has 45 heavy (non-hydrogen) atoms. The van der Waals surface area contributed by atoms with Gasteiger partial charge in [-0.2, -0.15) is 0 Å². The Hall–Kier alpha value is -5.96. The summed E-state index contributed by atoms with van der Waals surface area (Å²) in [6.45, 7) is 0.159. The monoisotopic (exact) mass is 627 g/mol. The molecule has 0 unspecified atom stereocenters. The van der Waals surface area contributed by atoms with Gasteiger partial charge < -0.3 is 9.97 Å². The summed E-state index contributed by atoms with van der Waals surface area (Å²) in [5, 5.41) is 7.31. The second-order valence-electron chi connectivity index (χ2n) is 10.5. The predicted octanol–water partition coefficient (Wildman–Crippen LogP) is 7.68. The molecule has 0 atom stereocenters. The minimum absolute atomic E-state index is 0. The molecule has 8 bridgehead atoms. The molecule has 2 aliphatic rings. The fraction of sp³-hybridized carbons (Fsp3) is 0.0303. The van der Waals surface area contributed by atoms with E-state index in [2.05, 4.69) is 20.0 Å². The normalized spacial score (nSPS) is 11.5. The van der Waals surface area contributed by atoms with Crippen LogP contribution in [0.3, 0.4) is 0 Å². The molecule has 2 N–H and O–H groups in total. The molecule has 216 valence electrons. The number of aromatic nitrogens is 8. The predicted molar refractivity (Wildman–Crippen MR) is 169 cm³/mol. The van der Waals surface area contributed by atoms with E-state index in [9.17, 15) is 0 Å². The molecule has 0 radical (unpaired) electrons. The van der Waals surface area contributed by atoms with Crippen LogP contribution in [-0.2, 0) is 23.0 Å². The van der Waals surface area contributed by atoms with Crippen LogP contribution in [0.2, 0.25) is 0 Å². The number of rotatable bonds is 2. The van der Waals surface area contributed by atoms with Crippen molar-refractivity contribution in [1.82, 2.24) is 39.9 Å². The van der Waals surface area contributed by atoms with Crippen molar-refractivity contribution in [2.45, 2.75) is 6.54 Å². The van der Waals surface area contributed by atoms with Crippen LogP contribution in [0.1, 0.15) is 5.56 Å². The maximum atomic E-state index is 9.08. The van der Waals surface area contributed by atoms with E-state index in [-0.39, 0.29) is 23.0 Å². The molecule has 9 rings (SSSR count). The van der Waals surface area contributed by atoms with Crippen LogP contribution in [0.25, 0.3) is 100 Å². The molecule has 0 amide bonds. The molecule has 2 aliphatic heterocycles. The zero-order valence-electron chi connectivity index (χ0n) is 23.2. The molecule has 0 saturated heterocycles. The number of nitrogens with zero attached hydrogens (tertiary/aromatic N) is 9.